The lowest BCUT2D eigenvalue weighted by Gasteiger charge is -2.48. The van der Waals surface area contributed by atoms with Gasteiger partial charge >= 0.3 is 5.97 Å². The molecule has 0 spiro atoms. The topological polar surface area (TPSA) is 92.8 Å². The van der Waals surface area contributed by atoms with Crippen LogP contribution in [0.5, 0.6) is 5.75 Å². The van der Waals surface area contributed by atoms with Gasteiger partial charge in [-0.05, 0) is 64.2 Å². The van der Waals surface area contributed by atoms with E-state index >= 15 is 0 Å². The zero-order chi connectivity index (χ0) is 31.5. The first-order valence-electron chi connectivity index (χ1n) is 15.5. The first-order valence-corrected chi connectivity index (χ1v) is 16.5. The molecule has 5 rings (SSSR count). The zero-order valence-corrected chi connectivity index (χ0v) is 27.4. The number of rotatable bonds is 5. The Hall–Kier alpha value is -2.55. The molecule has 44 heavy (non-hydrogen) atoms. The summed E-state index contributed by atoms with van der Waals surface area (Å²) >= 11 is 1.26. The van der Waals surface area contributed by atoms with Crippen LogP contribution in [0.4, 0.5) is 4.79 Å². The Morgan fingerprint density at radius 2 is 1.80 bits per heavy atom. The predicted molar refractivity (Wildman–Crippen MR) is 167 cm³/mol. The second-order valence-corrected chi connectivity index (χ2v) is 13.7. The number of benzene rings is 1. The largest absolute Gasteiger partial charge is 0.497 e. The number of nitrogens with zero attached hydrogens (tertiary/aromatic N) is 1. The zero-order valence-electron chi connectivity index (χ0n) is 26.6. The van der Waals surface area contributed by atoms with Crippen molar-refractivity contribution in [3.63, 3.8) is 0 Å². The van der Waals surface area contributed by atoms with Crippen LogP contribution in [0.15, 0.2) is 35.9 Å². The van der Waals surface area contributed by atoms with Crippen molar-refractivity contribution in [3.05, 3.63) is 41.5 Å². The Bertz CT molecular complexity index is 1290. The average molecular weight is 628 g/mol. The highest BCUT2D eigenvalue weighted by atomic mass is 32.2. The van der Waals surface area contributed by atoms with E-state index in [2.05, 4.69) is 18.8 Å². The Balaban J connectivity index is 1.39. The lowest BCUT2D eigenvalue weighted by atomic mass is 9.89. The Kier molecular flexibility index (Phi) is 10.3. The molecule has 3 fully saturated rings. The minimum atomic E-state index is -1.13. The van der Waals surface area contributed by atoms with E-state index < -0.39 is 17.7 Å². The number of fused-ring (bicyclic) bond motifs is 3. The summed E-state index contributed by atoms with van der Waals surface area (Å²) in [7, 11) is 3.24. The van der Waals surface area contributed by atoms with Crippen LogP contribution in [0.1, 0.15) is 71.8 Å². The summed E-state index contributed by atoms with van der Waals surface area (Å²) in [5, 5.41) is -0.0296. The van der Waals surface area contributed by atoms with Gasteiger partial charge in [-0.25, -0.2) is 4.79 Å². The molecular formula is C34H45NO8S. The summed E-state index contributed by atoms with van der Waals surface area (Å²) in [6, 6.07) is 7.32. The molecule has 0 unspecified atom stereocenters. The van der Waals surface area contributed by atoms with Crippen LogP contribution < -0.4 is 4.74 Å². The van der Waals surface area contributed by atoms with Crippen molar-refractivity contribution in [1.29, 1.82) is 0 Å². The minimum Gasteiger partial charge on any atom is -0.497 e. The van der Waals surface area contributed by atoms with Gasteiger partial charge < -0.3 is 33.3 Å². The molecule has 2 bridgehead atoms. The van der Waals surface area contributed by atoms with E-state index in [0.29, 0.717) is 44.4 Å². The van der Waals surface area contributed by atoms with Crippen molar-refractivity contribution in [2.75, 3.05) is 20.0 Å². The third-order valence-electron chi connectivity index (χ3n) is 8.79. The Labute approximate surface area is 265 Å². The molecule has 10 heteroatoms. The van der Waals surface area contributed by atoms with Crippen molar-refractivity contribution >= 4 is 23.0 Å². The maximum absolute atomic E-state index is 13.2. The lowest BCUT2D eigenvalue weighted by Crippen LogP contribution is -2.60. The highest BCUT2D eigenvalue weighted by Gasteiger charge is 2.54. The van der Waals surface area contributed by atoms with Gasteiger partial charge in [0, 0.05) is 44.2 Å². The molecule has 1 aromatic carbocycles. The van der Waals surface area contributed by atoms with Gasteiger partial charge in [0.1, 0.15) is 18.0 Å². The minimum absolute atomic E-state index is 0.0296. The summed E-state index contributed by atoms with van der Waals surface area (Å²) in [5.41, 5.74) is 1.88. The van der Waals surface area contributed by atoms with Crippen LogP contribution in [0, 0.1) is 17.8 Å². The van der Waals surface area contributed by atoms with Crippen molar-refractivity contribution in [2.45, 2.75) is 115 Å². The Morgan fingerprint density at radius 1 is 1.02 bits per heavy atom. The van der Waals surface area contributed by atoms with Crippen LogP contribution in [-0.4, -0.2) is 78.1 Å². The van der Waals surface area contributed by atoms with Crippen LogP contribution in [0.3, 0.4) is 0 Å². The van der Waals surface area contributed by atoms with Gasteiger partial charge in [0.25, 0.3) is 5.24 Å². The molecule has 7 atom stereocenters. The Morgan fingerprint density at radius 3 is 2.52 bits per heavy atom. The maximum Gasteiger partial charge on any atom is 0.330 e. The molecule has 0 aromatic heterocycles. The summed E-state index contributed by atoms with van der Waals surface area (Å²) < 4.78 is 36.6. The first-order chi connectivity index (χ1) is 21.0. The molecule has 4 aliphatic rings. The number of allylic oxidation sites excluding steroid dienone is 1. The van der Waals surface area contributed by atoms with Gasteiger partial charge in [0.2, 0.25) is 0 Å². The summed E-state index contributed by atoms with van der Waals surface area (Å²) in [6.45, 7) is 8.25. The van der Waals surface area contributed by atoms with Gasteiger partial charge in [-0.3, -0.25) is 4.79 Å². The van der Waals surface area contributed by atoms with E-state index in [0.717, 1.165) is 23.3 Å². The fourth-order valence-corrected chi connectivity index (χ4v) is 7.57. The van der Waals surface area contributed by atoms with Crippen LogP contribution in [0.25, 0.3) is 0 Å². The summed E-state index contributed by atoms with van der Waals surface area (Å²) in [5.74, 6) is 5.87. The number of esters is 1. The molecule has 9 nitrogen and oxygen atoms in total. The second-order valence-electron chi connectivity index (χ2n) is 12.7. The molecule has 1 aromatic rings. The van der Waals surface area contributed by atoms with E-state index in [1.807, 2.05) is 49.9 Å². The molecule has 3 saturated heterocycles. The van der Waals surface area contributed by atoms with E-state index in [4.69, 9.17) is 28.4 Å². The van der Waals surface area contributed by atoms with Crippen LogP contribution in [-0.2, 0) is 35.0 Å². The van der Waals surface area contributed by atoms with E-state index in [-0.39, 0.29) is 41.5 Å². The SMILES string of the molecule is COc1ccc(CN2C(=O)SC[C@@H]2[C@@]2(OC)C[C@H]3C[C@@H](CC[C@H](C)C#C[C@@H]4OC(C)(C)O[C@H]4CC/C(C)=C\C(=O)O3)O2)cc1. The highest BCUT2D eigenvalue weighted by Crippen LogP contribution is 2.43. The molecule has 4 aliphatic heterocycles. The molecule has 4 heterocycles. The van der Waals surface area contributed by atoms with E-state index in [1.54, 1.807) is 20.3 Å². The number of carbonyl (C=O) groups is 2. The fraction of sp³-hybridized carbons (Fsp3) is 0.647. The third-order valence-corrected chi connectivity index (χ3v) is 9.76. The molecular weight excluding hydrogens is 582 g/mol. The van der Waals surface area contributed by atoms with E-state index in [9.17, 15) is 9.59 Å². The number of thioether (sulfide) groups is 1. The highest BCUT2D eigenvalue weighted by molar-refractivity contribution is 8.13. The molecule has 1 amide bonds. The van der Waals surface area contributed by atoms with Crippen molar-refractivity contribution in [2.24, 2.45) is 5.92 Å². The van der Waals surface area contributed by atoms with Gasteiger partial charge in [-0.2, -0.15) is 0 Å². The summed E-state index contributed by atoms with van der Waals surface area (Å²) in [6.07, 6.45) is 4.11. The number of hydrogen-bond acceptors (Lipinski definition) is 9. The van der Waals surface area contributed by atoms with Crippen LogP contribution >= 0.6 is 11.8 Å². The van der Waals surface area contributed by atoms with Crippen molar-refractivity contribution in [3.8, 4) is 17.6 Å². The van der Waals surface area contributed by atoms with Gasteiger partial charge in [-0.1, -0.05) is 48.2 Å². The number of hydrogen-bond donors (Lipinski definition) is 0. The molecule has 240 valence electrons. The molecule has 0 aliphatic carbocycles. The molecule has 0 saturated carbocycles. The fourth-order valence-electron chi connectivity index (χ4n) is 6.48. The number of amides is 1. The monoisotopic (exact) mass is 627 g/mol. The molecule has 0 N–H and O–H groups in total. The lowest BCUT2D eigenvalue weighted by molar-refractivity contribution is -0.305. The summed E-state index contributed by atoms with van der Waals surface area (Å²) in [4.78, 5) is 28.2. The van der Waals surface area contributed by atoms with Gasteiger partial charge in [0.15, 0.2) is 11.6 Å². The quantitative estimate of drug-likeness (QED) is 0.295. The maximum atomic E-state index is 13.2. The van der Waals surface area contributed by atoms with Crippen molar-refractivity contribution in [1.82, 2.24) is 4.90 Å². The first kappa shape index (κ1) is 32.8. The predicted octanol–water partition coefficient (Wildman–Crippen LogP) is 5.85. The molecule has 0 radical (unpaired) electrons. The number of methoxy groups -OCH3 is 2. The van der Waals surface area contributed by atoms with Crippen molar-refractivity contribution < 1.29 is 38.0 Å². The second kappa shape index (κ2) is 13.8. The smallest absolute Gasteiger partial charge is 0.330 e. The third kappa shape index (κ3) is 7.80. The number of carbonyl (C=O) groups excluding carboxylic acids is 2. The van der Waals surface area contributed by atoms with Gasteiger partial charge in [0.05, 0.1) is 25.4 Å². The average Bonchev–Trinajstić information content (AvgIpc) is 3.51. The standard InChI is InChI=1S/C34H45NO8S/c1-22-7-12-26-18-27(40-31(36)17-23(2)9-16-29-28(15-8-22)42-33(3,4)43-29)19-34(39-6,41-26)30-21-44-32(37)35(30)20-24-10-13-25(38-5)14-11-24/h10-11,13-14,17,22,26-30H,7,9,12,16,18-21H2,1-6H3/b23-17-/t22-,26+,27+,28-,29-,30+,34+/m0/s1. The normalized spacial score (nSPS) is 35.6. The number of ether oxygens (including phenoxy) is 6. The van der Waals surface area contributed by atoms with E-state index in [1.165, 1.54) is 11.8 Å². The van der Waals surface area contributed by atoms with Gasteiger partial charge in [-0.15, -0.1) is 0 Å². The van der Waals surface area contributed by atoms with Crippen LogP contribution in [0.2, 0.25) is 0 Å².